The maximum absolute atomic E-state index is 5.01. The van der Waals surface area contributed by atoms with Gasteiger partial charge in [0.15, 0.2) is 5.82 Å². The molecule has 0 saturated heterocycles. The Labute approximate surface area is 81.0 Å². The van der Waals surface area contributed by atoms with Gasteiger partial charge < -0.3 is 14.4 Å². The SMILES string of the molecule is CNCc1nc(-c2nccn2C)no1. The number of aromatic nitrogens is 4. The second-order valence-corrected chi connectivity index (χ2v) is 2.90. The molecule has 0 bridgehead atoms. The highest BCUT2D eigenvalue weighted by Crippen LogP contribution is 2.11. The lowest BCUT2D eigenvalue weighted by Crippen LogP contribution is -2.05. The second-order valence-electron chi connectivity index (χ2n) is 2.90. The summed E-state index contributed by atoms with van der Waals surface area (Å²) in [5, 5.41) is 6.76. The van der Waals surface area contributed by atoms with Gasteiger partial charge in [-0.25, -0.2) is 4.98 Å². The quantitative estimate of drug-likeness (QED) is 0.753. The van der Waals surface area contributed by atoms with Crippen LogP contribution in [0.5, 0.6) is 0 Å². The minimum atomic E-state index is 0.516. The summed E-state index contributed by atoms with van der Waals surface area (Å²) >= 11 is 0. The molecule has 74 valence electrons. The summed E-state index contributed by atoms with van der Waals surface area (Å²) in [7, 11) is 3.71. The largest absolute Gasteiger partial charge is 0.337 e. The van der Waals surface area contributed by atoms with Crippen LogP contribution in [-0.2, 0) is 13.6 Å². The van der Waals surface area contributed by atoms with E-state index in [-0.39, 0.29) is 0 Å². The summed E-state index contributed by atoms with van der Waals surface area (Å²) in [5.74, 6) is 1.78. The van der Waals surface area contributed by atoms with Crippen LogP contribution < -0.4 is 5.32 Å². The Morgan fingerprint density at radius 1 is 1.57 bits per heavy atom. The summed E-state index contributed by atoms with van der Waals surface area (Å²) in [6.45, 7) is 0.567. The van der Waals surface area contributed by atoms with Crippen molar-refractivity contribution in [3.8, 4) is 11.6 Å². The Kier molecular flexibility index (Phi) is 2.28. The van der Waals surface area contributed by atoms with Crippen LogP contribution in [0, 0.1) is 0 Å². The summed E-state index contributed by atoms with van der Waals surface area (Å²) < 4.78 is 6.85. The van der Waals surface area contributed by atoms with Crippen molar-refractivity contribution in [2.45, 2.75) is 6.54 Å². The third kappa shape index (κ3) is 1.51. The maximum Gasteiger partial charge on any atom is 0.241 e. The first-order valence-electron chi connectivity index (χ1n) is 4.26. The monoisotopic (exact) mass is 193 g/mol. The van der Waals surface area contributed by atoms with Gasteiger partial charge in [-0.15, -0.1) is 0 Å². The van der Waals surface area contributed by atoms with Crippen LogP contribution in [0.2, 0.25) is 0 Å². The molecule has 14 heavy (non-hydrogen) atoms. The van der Waals surface area contributed by atoms with E-state index in [0.29, 0.717) is 24.1 Å². The molecule has 6 heteroatoms. The molecule has 0 atom stereocenters. The van der Waals surface area contributed by atoms with Gasteiger partial charge in [-0.1, -0.05) is 5.16 Å². The average Bonchev–Trinajstić information content (AvgIpc) is 2.74. The Balaban J connectivity index is 2.29. The zero-order chi connectivity index (χ0) is 9.97. The smallest absolute Gasteiger partial charge is 0.241 e. The molecule has 2 rings (SSSR count). The molecule has 1 N–H and O–H groups in total. The molecule has 2 aromatic rings. The van der Waals surface area contributed by atoms with Crippen molar-refractivity contribution >= 4 is 0 Å². The number of hydrogen-bond acceptors (Lipinski definition) is 5. The fraction of sp³-hybridized carbons (Fsp3) is 0.375. The maximum atomic E-state index is 5.01. The first kappa shape index (κ1) is 8.89. The topological polar surface area (TPSA) is 68.8 Å². The van der Waals surface area contributed by atoms with Crippen molar-refractivity contribution in [2.75, 3.05) is 7.05 Å². The number of nitrogens with zero attached hydrogens (tertiary/aromatic N) is 4. The van der Waals surface area contributed by atoms with Gasteiger partial charge >= 0.3 is 0 Å². The van der Waals surface area contributed by atoms with Crippen molar-refractivity contribution in [1.82, 2.24) is 25.0 Å². The fourth-order valence-electron chi connectivity index (χ4n) is 1.15. The van der Waals surface area contributed by atoms with E-state index in [4.69, 9.17) is 4.52 Å². The molecule has 0 aliphatic rings. The van der Waals surface area contributed by atoms with Crippen LogP contribution in [-0.4, -0.2) is 26.7 Å². The minimum Gasteiger partial charge on any atom is -0.337 e. The minimum absolute atomic E-state index is 0.516. The van der Waals surface area contributed by atoms with Crippen molar-refractivity contribution in [1.29, 1.82) is 0 Å². The lowest BCUT2D eigenvalue weighted by molar-refractivity contribution is 0.372. The number of aryl methyl sites for hydroxylation is 1. The molecule has 2 heterocycles. The molecule has 0 aromatic carbocycles. The van der Waals surface area contributed by atoms with Gasteiger partial charge in [0, 0.05) is 19.4 Å². The van der Waals surface area contributed by atoms with Gasteiger partial charge in [0.1, 0.15) is 0 Å². The van der Waals surface area contributed by atoms with Crippen molar-refractivity contribution in [3.05, 3.63) is 18.3 Å². The zero-order valence-electron chi connectivity index (χ0n) is 8.06. The first-order valence-corrected chi connectivity index (χ1v) is 4.26. The molecular formula is C8H11N5O. The van der Waals surface area contributed by atoms with E-state index in [1.54, 1.807) is 6.20 Å². The summed E-state index contributed by atoms with van der Waals surface area (Å²) in [4.78, 5) is 8.30. The molecule has 2 aromatic heterocycles. The lowest BCUT2D eigenvalue weighted by atomic mass is 10.5. The Bertz CT molecular complexity index is 419. The fourth-order valence-corrected chi connectivity index (χ4v) is 1.15. The number of rotatable bonds is 3. The summed E-state index contributed by atoms with van der Waals surface area (Å²) in [5.41, 5.74) is 0. The lowest BCUT2D eigenvalue weighted by Gasteiger charge is -1.92. The molecule has 0 amide bonds. The van der Waals surface area contributed by atoms with E-state index in [0.717, 1.165) is 0 Å². The molecular weight excluding hydrogens is 182 g/mol. The molecule has 0 spiro atoms. The van der Waals surface area contributed by atoms with Gasteiger partial charge in [-0.05, 0) is 7.05 Å². The number of hydrogen-bond donors (Lipinski definition) is 1. The van der Waals surface area contributed by atoms with Crippen LogP contribution in [0.15, 0.2) is 16.9 Å². The highest BCUT2D eigenvalue weighted by molar-refractivity contribution is 5.42. The van der Waals surface area contributed by atoms with Crippen LogP contribution in [0.4, 0.5) is 0 Å². The van der Waals surface area contributed by atoms with E-state index < -0.39 is 0 Å². The molecule has 6 nitrogen and oxygen atoms in total. The van der Waals surface area contributed by atoms with Crippen LogP contribution in [0.25, 0.3) is 11.6 Å². The zero-order valence-corrected chi connectivity index (χ0v) is 8.06. The Morgan fingerprint density at radius 3 is 3.07 bits per heavy atom. The highest BCUT2D eigenvalue weighted by Gasteiger charge is 2.11. The predicted octanol–water partition coefficient (Wildman–Crippen LogP) is 0.189. The number of imidazole rings is 1. The third-order valence-corrected chi connectivity index (χ3v) is 1.82. The highest BCUT2D eigenvalue weighted by atomic mass is 16.5. The van der Waals surface area contributed by atoms with E-state index >= 15 is 0 Å². The predicted molar refractivity (Wildman–Crippen MR) is 49.3 cm³/mol. The van der Waals surface area contributed by atoms with Crippen LogP contribution in [0.3, 0.4) is 0 Å². The summed E-state index contributed by atoms with van der Waals surface area (Å²) in [6, 6.07) is 0. The Hall–Kier alpha value is -1.69. The van der Waals surface area contributed by atoms with Crippen molar-refractivity contribution in [3.63, 3.8) is 0 Å². The van der Waals surface area contributed by atoms with E-state index in [1.165, 1.54) is 0 Å². The van der Waals surface area contributed by atoms with Crippen molar-refractivity contribution in [2.24, 2.45) is 7.05 Å². The molecule has 0 radical (unpaired) electrons. The van der Waals surface area contributed by atoms with Gasteiger partial charge in [0.05, 0.1) is 6.54 Å². The average molecular weight is 193 g/mol. The van der Waals surface area contributed by atoms with Gasteiger partial charge in [0.25, 0.3) is 0 Å². The van der Waals surface area contributed by atoms with Gasteiger partial charge in [0.2, 0.25) is 11.7 Å². The Morgan fingerprint density at radius 2 is 2.43 bits per heavy atom. The van der Waals surface area contributed by atoms with Crippen LogP contribution >= 0.6 is 0 Å². The van der Waals surface area contributed by atoms with E-state index in [1.807, 2.05) is 24.9 Å². The molecule has 0 aliphatic heterocycles. The van der Waals surface area contributed by atoms with Gasteiger partial charge in [-0.3, -0.25) is 0 Å². The summed E-state index contributed by atoms with van der Waals surface area (Å²) in [6.07, 6.45) is 3.53. The van der Waals surface area contributed by atoms with Crippen LogP contribution in [0.1, 0.15) is 5.89 Å². The molecule has 0 fully saturated rings. The standard InChI is InChI=1S/C8H11N5O/c1-9-5-6-11-7(12-14-6)8-10-3-4-13(8)2/h3-4,9H,5H2,1-2H3. The molecule has 0 unspecified atom stereocenters. The number of nitrogens with one attached hydrogen (secondary N) is 1. The second kappa shape index (κ2) is 3.59. The van der Waals surface area contributed by atoms with E-state index in [2.05, 4.69) is 20.4 Å². The van der Waals surface area contributed by atoms with E-state index in [9.17, 15) is 0 Å². The van der Waals surface area contributed by atoms with Gasteiger partial charge in [-0.2, -0.15) is 4.98 Å². The molecule has 0 aliphatic carbocycles. The first-order chi connectivity index (χ1) is 6.81. The third-order valence-electron chi connectivity index (χ3n) is 1.82. The van der Waals surface area contributed by atoms with Crippen molar-refractivity contribution < 1.29 is 4.52 Å². The molecule has 0 saturated carbocycles. The normalized spacial score (nSPS) is 10.7.